The predicted molar refractivity (Wildman–Crippen MR) is 29.3 cm³/mol. The summed E-state index contributed by atoms with van der Waals surface area (Å²) >= 11 is 2.14. The van der Waals surface area contributed by atoms with Crippen molar-refractivity contribution in [1.29, 1.82) is 0 Å². The minimum absolute atomic E-state index is 0.194. The van der Waals surface area contributed by atoms with Gasteiger partial charge in [0.05, 0.1) is 0 Å². The molecule has 0 N–H and O–H groups in total. The molecule has 0 amide bonds. The molecule has 1 rings (SSSR count). The van der Waals surface area contributed by atoms with Gasteiger partial charge in [-0.15, -0.1) is 0 Å². The van der Waals surface area contributed by atoms with Crippen LogP contribution in [0.15, 0.2) is 0 Å². The van der Waals surface area contributed by atoms with Crippen molar-refractivity contribution in [3.63, 3.8) is 0 Å². The summed E-state index contributed by atoms with van der Waals surface area (Å²) < 4.78 is 5.53. The molecule has 0 spiro atoms. The second-order valence-electron chi connectivity index (χ2n) is 2.71. The van der Waals surface area contributed by atoms with Crippen molar-refractivity contribution in [2.45, 2.75) is 24.0 Å². The van der Waals surface area contributed by atoms with Crippen molar-refractivity contribution in [3.8, 4) is 0 Å². The molecule has 0 radical (unpaired) electrons. The van der Waals surface area contributed by atoms with E-state index in [4.69, 9.17) is 4.74 Å². The second kappa shape index (κ2) is 1.82. The van der Waals surface area contributed by atoms with Gasteiger partial charge in [-0.1, -0.05) is 0 Å². The first kappa shape index (κ1) is 5.69. The molecule has 36 valence electrons. The monoisotopic (exact) mass is 92.1 g/mol. The zero-order valence-electron chi connectivity index (χ0n) is 5.03. The molecule has 1 fully saturated rings. The van der Waals surface area contributed by atoms with Gasteiger partial charge in [-0.3, -0.25) is 0 Å². The van der Waals surface area contributed by atoms with Crippen LogP contribution in [-0.2, 0) is 4.74 Å². The van der Waals surface area contributed by atoms with Crippen molar-refractivity contribution in [2.24, 2.45) is 0 Å². The summed E-state index contributed by atoms with van der Waals surface area (Å²) in [7, 11) is 0. The zero-order valence-corrected chi connectivity index (χ0v) is 5.03. The van der Waals surface area contributed by atoms with E-state index in [1.54, 1.807) is 0 Å². The molecular weight excluding hydrogens is 83.0 g/mol. The number of ether oxygens (including phenoxy) is 1. The quantitative estimate of drug-likeness (QED) is 0.399. The van der Waals surface area contributed by atoms with Crippen molar-refractivity contribution in [2.75, 3.05) is 6.61 Å². The normalized spacial score (nSPS) is 42.1. The van der Waals surface area contributed by atoms with Gasteiger partial charge in [-0.05, 0) is 0 Å². The first-order valence-corrected chi connectivity index (χ1v) is 2.85. The Morgan fingerprint density at radius 3 is 2.57 bits per heavy atom. The summed E-state index contributed by atoms with van der Waals surface area (Å²) in [5.74, 6) is 0. The van der Waals surface area contributed by atoms with Gasteiger partial charge in [0.1, 0.15) is 0 Å². The van der Waals surface area contributed by atoms with Gasteiger partial charge in [-0.2, -0.15) is 0 Å². The van der Waals surface area contributed by atoms with Crippen LogP contribution in [0.4, 0.5) is 0 Å². The fourth-order valence-corrected chi connectivity index (χ4v) is 0.919. The van der Waals surface area contributed by atoms with Gasteiger partial charge in [-0.25, -0.2) is 0 Å². The molecule has 0 aliphatic carbocycles. The van der Waals surface area contributed by atoms with Crippen molar-refractivity contribution < 1.29 is 4.74 Å². The van der Waals surface area contributed by atoms with Gasteiger partial charge in [0.2, 0.25) is 0 Å². The first-order valence-electron chi connectivity index (χ1n) is 2.85. The predicted octanol–water partition coefficient (Wildman–Crippen LogP) is 0.681. The molecule has 1 heterocycles. The van der Waals surface area contributed by atoms with Crippen LogP contribution in [0.2, 0.25) is 0 Å². The van der Waals surface area contributed by atoms with E-state index in [1.165, 1.54) is 12.8 Å². The van der Waals surface area contributed by atoms with Gasteiger partial charge in [0.15, 0.2) is 0 Å². The Balaban J connectivity index is 2.40. The third-order valence-corrected chi connectivity index (χ3v) is 1.42. The van der Waals surface area contributed by atoms with Crippen LogP contribution >= 0.6 is 0 Å². The Bertz CT molecular complexity index is 62.5. The Labute approximate surface area is 53.6 Å². The van der Waals surface area contributed by atoms with E-state index in [9.17, 15) is 0 Å². The molecule has 0 aromatic heterocycles. The van der Waals surface area contributed by atoms with Crippen molar-refractivity contribution in [1.82, 2.24) is 0 Å². The van der Waals surface area contributed by atoms with Crippen LogP contribution < -0.4 is 0 Å². The average Bonchev–Trinajstić information content (AvgIpc) is 1.84. The Hall–Kier alpha value is 0.557. The molecule has 1 aliphatic rings. The first-order chi connectivity index (χ1) is 3.21. The van der Waals surface area contributed by atoms with Crippen LogP contribution in [0.3, 0.4) is 0 Å². The Morgan fingerprint density at radius 2 is 2.43 bits per heavy atom. The van der Waals surface area contributed by atoms with Crippen molar-refractivity contribution >= 4 is 17.7 Å². The third-order valence-electron chi connectivity index (χ3n) is 1.42. The third kappa shape index (κ3) is 1.49. The van der Waals surface area contributed by atoms with E-state index in [0.717, 1.165) is 6.61 Å². The van der Waals surface area contributed by atoms with Crippen LogP contribution in [0.5, 0.6) is 0 Å². The Morgan fingerprint density at radius 1 is 1.71 bits per heavy atom. The maximum atomic E-state index is 5.34. The molecule has 1 atom stereocenters. The molecule has 1 nitrogen and oxygen atoms in total. The second-order valence-corrected chi connectivity index (χ2v) is 2.71. The van der Waals surface area contributed by atoms with Gasteiger partial charge >= 0.3 is 53.1 Å². The molecule has 1 unspecified atom stereocenters. The van der Waals surface area contributed by atoms with Gasteiger partial charge in [0, 0.05) is 0 Å². The summed E-state index contributed by atoms with van der Waals surface area (Å²) in [6.07, 6.45) is 2.47. The van der Waals surface area contributed by atoms with Crippen LogP contribution in [0, 0.1) is 0 Å². The van der Waals surface area contributed by atoms with E-state index < -0.39 is 0 Å². The standard InChI is InChI=1S/C5H9O.Li/c1-5-3-2-4-6-5;/h2-4H2,1H3;. The molecule has 0 bridgehead atoms. The summed E-state index contributed by atoms with van der Waals surface area (Å²) in [4.78, 5) is 0. The fourth-order valence-electron chi connectivity index (χ4n) is 0.919. The van der Waals surface area contributed by atoms with E-state index >= 15 is 0 Å². The summed E-state index contributed by atoms with van der Waals surface area (Å²) in [6.45, 7) is 3.10. The number of hydrogen-bond acceptors (Lipinski definition) is 1. The van der Waals surface area contributed by atoms with Crippen molar-refractivity contribution in [3.05, 3.63) is 0 Å². The minimum atomic E-state index is 0.194. The van der Waals surface area contributed by atoms with E-state index in [1.807, 2.05) is 0 Å². The summed E-state index contributed by atoms with van der Waals surface area (Å²) in [6, 6.07) is 0. The SMILES string of the molecule is [Li][C]1(C)CCCO1. The average molecular weight is 92.1 g/mol. The topological polar surface area (TPSA) is 9.23 Å². The van der Waals surface area contributed by atoms with E-state index in [2.05, 4.69) is 24.6 Å². The fraction of sp³-hybridized carbons (Fsp3) is 1.00. The Kier molecular flexibility index (Phi) is 1.48. The van der Waals surface area contributed by atoms with Crippen LogP contribution in [0.1, 0.15) is 19.8 Å². The van der Waals surface area contributed by atoms with Gasteiger partial charge < -0.3 is 0 Å². The van der Waals surface area contributed by atoms with Gasteiger partial charge in [0.25, 0.3) is 0 Å². The number of hydrogen-bond donors (Lipinski definition) is 0. The molecule has 0 aromatic carbocycles. The molecule has 1 saturated heterocycles. The maximum absolute atomic E-state index is 5.34. The van der Waals surface area contributed by atoms with E-state index in [0.29, 0.717) is 0 Å². The molecule has 1 aliphatic heterocycles. The van der Waals surface area contributed by atoms with E-state index in [-0.39, 0.29) is 4.27 Å². The molecular formula is C5H9LiO. The molecule has 0 saturated carbocycles. The molecule has 2 heteroatoms. The van der Waals surface area contributed by atoms with Crippen LogP contribution in [0.25, 0.3) is 0 Å². The molecule has 0 aromatic rings. The zero-order chi connectivity index (χ0) is 5.33. The van der Waals surface area contributed by atoms with Crippen LogP contribution in [-0.4, -0.2) is 28.6 Å². The number of rotatable bonds is 0. The molecule has 7 heavy (non-hydrogen) atoms. The summed E-state index contributed by atoms with van der Waals surface area (Å²) in [5, 5.41) is 0. The summed E-state index contributed by atoms with van der Waals surface area (Å²) in [5.41, 5.74) is 0.